The Labute approximate surface area is 153 Å². The Kier molecular flexibility index (Phi) is 6.18. The number of rotatable bonds is 5. The third-order valence-electron chi connectivity index (χ3n) is 4.12. The van der Waals surface area contributed by atoms with E-state index in [4.69, 9.17) is 9.47 Å². The molecule has 1 saturated heterocycles. The standard InChI is InChI=1S/C20H25NO5/c1-14(12-22)16-10-21(11-17(16)18(23)26-20(2,3)4)19(24)25-13-15-8-6-5-7-9-15/h5-9,12,16-17H,1,10-11,13H2,2-4H3. The van der Waals surface area contributed by atoms with E-state index < -0.39 is 29.5 Å². The van der Waals surface area contributed by atoms with E-state index in [-0.39, 0.29) is 25.3 Å². The maximum atomic E-state index is 12.5. The average Bonchev–Trinajstić information content (AvgIpc) is 3.04. The summed E-state index contributed by atoms with van der Waals surface area (Å²) in [5.41, 5.74) is 0.502. The Morgan fingerprint density at radius 2 is 1.81 bits per heavy atom. The lowest BCUT2D eigenvalue weighted by atomic mass is 9.90. The van der Waals surface area contributed by atoms with Crippen molar-refractivity contribution in [3.05, 3.63) is 48.0 Å². The van der Waals surface area contributed by atoms with Crippen LogP contribution in [0.2, 0.25) is 0 Å². The summed E-state index contributed by atoms with van der Waals surface area (Å²) < 4.78 is 10.7. The predicted octanol–water partition coefficient (Wildman–Crippen LogP) is 2.97. The van der Waals surface area contributed by atoms with Crippen LogP contribution < -0.4 is 0 Å². The van der Waals surface area contributed by atoms with Crippen LogP contribution in [0.5, 0.6) is 0 Å². The largest absolute Gasteiger partial charge is 0.460 e. The molecule has 1 fully saturated rings. The second-order valence-electron chi connectivity index (χ2n) is 7.38. The number of hydrogen-bond donors (Lipinski definition) is 0. The first-order chi connectivity index (χ1) is 12.2. The summed E-state index contributed by atoms with van der Waals surface area (Å²) in [6.45, 7) is 9.52. The van der Waals surface area contributed by atoms with Crippen molar-refractivity contribution in [1.82, 2.24) is 4.90 Å². The van der Waals surface area contributed by atoms with Crippen molar-refractivity contribution in [2.24, 2.45) is 11.8 Å². The Balaban J connectivity index is 2.04. The van der Waals surface area contributed by atoms with Crippen molar-refractivity contribution < 1.29 is 23.9 Å². The number of esters is 1. The first-order valence-electron chi connectivity index (χ1n) is 8.53. The number of aldehydes is 1. The van der Waals surface area contributed by atoms with Crippen molar-refractivity contribution in [3.63, 3.8) is 0 Å². The zero-order chi connectivity index (χ0) is 19.3. The molecule has 26 heavy (non-hydrogen) atoms. The Bertz CT molecular complexity index is 677. The molecule has 6 heteroatoms. The minimum absolute atomic E-state index is 0.139. The quantitative estimate of drug-likeness (QED) is 0.459. The molecule has 0 radical (unpaired) electrons. The van der Waals surface area contributed by atoms with E-state index >= 15 is 0 Å². The number of carbonyl (C=O) groups is 3. The van der Waals surface area contributed by atoms with Crippen LogP contribution in [0, 0.1) is 11.8 Å². The molecule has 140 valence electrons. The number of likely N-dealkylation sites (tertiary alicyclic amines) is 1. The minimum atomic E-state index is -0.647. The van der Waals surface area contributed by atoms with Crippen LogP contribution in [0.25, 0.3) is 0 Å². The molecular weight excluding hydrogens is 334 g/mol. The highest BCUT2D eigenvalue weighted by atomic mass is 16.6. The predicted molar refractivity (Wildman–Crippen MR) is 96.2 cm³/mol. The molecule has 0 spiro atoms. The van der Waals surface area contributed by atoms with Gasteiger partial charge in [0.15, 0.2) is 0 Å². The van der Waals surface area contributed by atoms with E-state index in [1.54, 1.807) is 20.8 Å². The molecule has 1 aliphatic heterocycles. The van der Waals surface area contributed by atoms with E-state index in [1.807, 2.05) is 30.3 Å². The van der Waals surface area contributed by atoms with Gasteiger partial charge in [-0.1, -0.05) is 36.9 Å². The summed E-state index contributed by atoms with van der Waals surface area (Å²) in [7, 11) is 0. The molecule has 1 amide bonds. The van der Waals surface area contributed by atoms with Gasteiger partial charge in [0.1, 0.15) is 18.5 Å². The zero-order valence-electron chi connectivity index (χ0n) is 15.4. The summed E-state index contributed by atoms with van der Waals surface area (Å²) in [4.78, 5) is 37.4. The van der Waals surface area contributed by atoms with Gasteiger partial charge >= 0.3 is 12.1 Å². The van der Waals surface area contributed by atoms with Gasteiger partial charge in [-0.3, -0.25) is 9.59 Å². The number of amides is 1. The van der Waals surface area contributed by atoms with Crippen molar-refractivity contribution in [3.8, 4) is 0 Å². The lowest BCUT2D eigenvalue weighted by Gasteiger charge is -2.24. The lowest BCUT2D eigenvalue weighted by Crippen LogP contribution is -2.34. The number of nitrogens with zero attached hydrogens (tertiary/aromatic N) is 1. The van der Waals surface area contributed by atoms with Crippen molar-refractivity contribution in [1.29, 1.82) is 0 Å². The third-order valence-corrected chi connectivity index (χ3v) is 4.12. The van der Waals surface area contributed by atoms with Gasteiger partial charge in [-0.2, -0.15) is 0 Å². The van der Waals surface area contributed by atoms with Gasteiger partial charge in [0, 0.05) is 19.0 Å². The summed E-state index contributed by atoms with van der Waals surface area (Å²) in [5.74, 6) is -1.54. The van der Waals surface area contributed by atoms with Crippen molar-refractivity contribution >= 4 is 18.3 Å². The Hall–Kier alpha value is -2.63. The van der Waals surface area contributed by atoms with E-state index in [0.29, 0.717) is 6.29 Å². The molecule has 1 aromatic rings. The Morgan fingerprint density at radius 3 is 2.38 bits per heavy atom. The van der Waals surface area contributed by atoms with Gasteiger partial charge in [-0.15, -0.1) is 0 Å². The van der Waals surface area contributed by atoms with Crippen LogP contribution in [0.15, 0.2) is 42.5 Å². The van der Waals surface area contributed by atoms with Gasteiger partial charge in [0.2, 0.25) is 0 Å². The third kappa shape index (κ3) is 5.18. The summed E-state index contributed by atoms with van der Waals surface area (Å²) >= 11 is 0. The fourth-order valence-corrected chi connectivity index (χ4v) is 2.84. The highest BCUT2D eigenvalue weighted by molar-refractivity contribution is 5.81. The van der Waals surface area contributed by atoms with Crippen LogP contribution in [0.4, 0.5) is 4.79 Å². The monoisotopic (exact) mass is 359 g/mol. The molecule has 0 aromatic heterocycles. The molecule has 0 N–H and O–H groups in total. The van der Waals surface area contributed by atoms with E-state index in [9.17, 15) is 14.4 Å². The lowest BCUT2D eigenvalue weighted by molar-refractivity contribution is -0.160. The highest BCUT2D eigenvalue weighted by Gasteiger charge is 2.43. The first-order valence-corrected chi connectivity index (χ1v) is 8.53. The molecular formula is C20H25NO5. The topological polar surface area (TPSA) is 72.9 Å². The minimum Gasteiger partial charge on any atom is -0.460 e. The summed E-state index contributed by atoms with van der Waals surface area (Å²) in [5, 5.41) is 0. The van der Waals surface area contributed by atoms with Gasteiger partial charge in [-0.05, 0) is 31.9 Å². The average molecular weight is 359 g/mol. The second kappa shape index (κ2) is 8.17. The van der Waals surface area contributed by atoms with Gasteiger partial charge in [0.25, 0.3) is 0 Å². The highest BCUT2D eigenvalue weighted by Crippen LogP contribution is 2.31. The molecule has 0 saturated carbocycles. The van der Waals surface area contributed by atoms with Crippen LogP contribution in [0.1, 0.15) is 26.3 Å². The number of benzene rings is 1. The molecule has 2 rings (SSSR count). The molecule has 6 nitrogen and oxygen atoms in total. The first kappa shape index (κ1) is 19.7. The van der Waals surface area contributed by atoms with Gasteiger partial charge in [-0.25, -0.2) is 4.79 Å². The van der Waals surface area contributed by atoms with Crippen LogP contribution in [0.3, 0.4) is 0 Å². The summed E-state index contributed by atoms with van der Waals surface area (Å²) in [6, 6.07) is 9.33. The van der Waals surface area contributed by atoms with E-state index in [1.165, 1.54) is 4.90 Å². The van der Waals surface area contributed by atoms with Crippen LogP contribution in [-0.2, 0) is 25.7 Å². The Morgan fingerprint density at radius 1 is 1.19 bits per heavy atom. The zero-order valence-corrected chi connectivity index (χ0v) is 15.4. The molecule has 0 aliphatic carbocycles. The van der Waals surface area contributed by atoms with Gasteiger partial charge < -0.3 is 14.4 Å². The molecule has 2 unspecified atom stereocenters. The molecule has 2 atom stereocenters. The molecule has 0 bridgehead atoms. The fourth-order valence-electron chi connectivity index (χ4n) is 2.84. The van der Waals surface area contributed by atoms with Crippen LogP contribution >= 0.6 is 0 Å². The number of carbonyl (C=O) groups excluding carboxylic acids is 3. The number of ether oxygens (including phenoxy) is 2. The van der Waals surface area contributed by atoms with Crippen LogP contribution in [-0.4, -0.2) is 41.9 Å². The molecule has 1 aromatic carbocycles. The normalized spacial score (nSPS) is 19.7. The maximum Gasteiger partial charge on any atom is 0.410 e. The van der Waals surface area contributed by atoms with Gasteiger partial charge in [0.05, 0.1) is 5.92 Å². The van der Waals surface area contributed by atoms with E-state index in [2.05, 4.69) is 6.58 Å². The SMILES string of the molecule is C=C(C=O)C1CN(C(=O)OCc2ccccc2)CC1C(=O)OC(C)(C)C. The van der Waals surface area contributed by atoms with E-state index in [0.717, 1.165) is 5.56 Å². The second-order valence-corrected chi connectivity index (χ2v) is 7.38. The number of hydrogen-bond acceptors (Lipinski definition) is 5. The fraction of sp³-hybridized carbons (Fsp3) is 0.450. The maximum absolute atomic E-state index is 12.5. The summed E-state index contributed by atoms with van der Waals surface area (Å²) in [6.07, 6.45) is 0.101. The molecule has 1 heterocycles. The van der Waals surface area contributed by atoms with Crippen molar-refractivity contribution in [2.45, 2.75) is 33.0 Å². The smallest absolute Gasteiger partial charge is 0.410 e. The molecule has 1 aliphatic rings. The van der Waals surface area contributed by atoms with Crippen molar-refractivity contribution in [2.75, 3.05) is 13.1 Å².